The van der Waals surface area contributed by atoms with Crippen LogP contribution in [0.15, 0.2) is 39.2 Å². The average molecular weight is 354 g/mol. The van der Waals surface area contributed by atoms with E-state index in [9.17, 15) is 4.79 Å². The average Bonchev–Trinajstić information content (AvgIpc) is 2.96. The summed E-state index contributed by atoms with van der Waals surface area (Å²) in [4.78, 5) is 11.3. The van der Waals surface area contributed by atoms with Crippen molar-refractivity contribution < 1.29 is 18.7 Å². The number of anilines is 1. The number of benzene rings is 1. The number of carbonyl (C=O) groups is 1. The Hall–Kier alpha value is -1.79. The molecule has 0 aliphatic carbocycles. The quantitative estimate of drug-likeness (QED) is 0.804. The van der Waals surface area contributed by atoms with Crippen LogP contribution in [0, 0.1) is 0 Å². The van der Waals surface area contributed by atoms with Gasteiger partial charge in [-0.1, -0.05) is 22.0 Å². The first-order valence-corrected chi connectivity index (χ1v) is 7.12. The van der Waals surface area contributed by atoms with Crippen molar-refractivity contribution >= 4 is 27.6 Å². The second kappa shape index (κ2) is 7.28. The standard InChI is InChI=1S/C15H16BrNO4/c1-19-9-11-12(16)4-3-5-13(11)17-8-10-6-7-14(21-10)15(18)20-2/h3-7,17H,8-9H2,1-2H3. The topological polar surface area (TPSA) is 60.7 Å². The molecule has 112 valence electrons. The van der Waals surface area contributed by atoms with Crippen molar-refractivity contribution in [1.82, 2.24) is 0 Å². The normalized spacial score (nSPS) is 10.4. The molecule has 0 saturated carbocycles. The number of ether oxygens (including phenoxy) is 2. The van der Waals surface area contributed by atoms with E-state index in [1.54, 1.807) is 19.2 Å². The Balaban J connectivity index is 2.08. The van der Waals surface area contributed by atoms with Crippen LogP contribution < -0.4 is 5.32 Å². The summed E-state index contributed by atoms with van der Waals surface area (Å²) in [6, 6.07) is 9.20. The zero-order chi connectivity index (χ0) is 15.2. The zero-order valence-electron chi connectivity index (χ0n) is 11.8. The number of nitrogens with one attached hydrogen (secondary N) is 1. The van der Waals surface area contributed by atoms with Crippen LogP contribution in [0.4, 0.5) is 5.69 Å². The summed E-state index contributed by atoms with van der Waals surface area (Å²) in [5.74, 6) is 0.364. The van der Waals surface area contributed by atoms with Gasteiger partial charge in [0, 0.05) is 22.8 Å². The molecule has 0 amide bonds. The Kier molecular flexibility index (Phi) is 5.41. The van der Waals surface area contributed by atoms with Gasteiger partial charge in [0.25, 0.3) is 0 Å². The molecule has 0 aliphatic heterocycles. The van der Waals surface area contributed by atoms with E-state index in [1.165, 1.54) is 7.11 Å². The van der Waals surface area contributed by atoms with E-state index in [0.717, 1.165) is 15.7 Å². The largest absolute Gasteiger partial charge is 0.463 e. The van der Waals surface area contributed by atoms with Crippen LogP contribution in [0.2, 0.25) is 0 Å². The minimum absolute atomic E-state index is 0.195. The van der Waals surface area contributed by atoms with E-state index in [1.807, 2.05) is 18.2 Å². The van der Waals surface area contributed by atoms with Crippen LogP contribution in [-0.4, -0.2) is 20.2 Å². The second-order valence-corrected chi connectivity index (χ2v) is 5.16. The minimum Gasteiger partial charge on any atom is -0.463 e. The highest BCUT2D eigenvalue weighted by Gasteiger charge is 2.12. The van der Waals surface area contributed by atoms with E-state index < -0.39 is 5.97 Å². The molecule has 0 spiro atoms. The molecular formula is C15H16BrNO4. The zero-order valence-corrected chi connectivity index (χ0v) is 13.4. The van der Waals surface area contributed by atoms with Crippen molar-refractivity contribution in [1.29, 1.82) is 0 Å². The first-order valence-electron chi connectivity index (χ1n) is 6.33. The second-order valence-electron chi connectivity index (χ2n) is 4.31. The van der Waals surface area contributed by atoms with E-state index in [4.69, 9.17) is 9.15 Å². The van der Waals surface area contributed by atoms with Gasteiger partial charge in [0.1, 0.15) is 5.76 Å². The van der Waals surface area contributed by atoms with Crippen molar-refractivity contribution in [3.63, 3.8) is 0 Å². The molecule has 0 radical (unpaired) electrons. The molecule has 0 bridgehead atoms. The molecule has 2 aromatic rings. The maximum Gasteiger partial charge on any atom is 0.373 e. The number of hydrogen-bond acceptors (Lipinski definition) is 5. The third kappa shape index (κ3) is 3.86. The number of carbonyl (C=O) groups excluding carboxylic acids is 1. The number of hydrogen-bond donors (Lipinski definition) is 1. The van der Waals surface area contributed by atoms with Crippen molar-refractivity contribution in [3.05, 3.63) is 51.9 Å². The molecule has 0 aliphatic rings. The number of rotatable bonds is 6. The minimum atomic E-state index is -0.483. The molecule has 0 saturated heterocycles. The molecular weight excluding hydrogens is 338 g/mol. The molecule has 1 heterocycles. The smallest absolute Gasteiger partial charge is 0.373 e. The SMILES string of the molecule is COCc1c(Br)cccc1NCc1ccc(C(=O)OC)o1. The lowest BCUT2D eigenvalue weighted by Crippen LogP contribution is -2.03. The van der Waals surface area contributed by atoms with Gasteiger partial charge in [0.05, 0.1) is 20.3 Å². The molecule has 0 fully saturated rings. The number of methoxy groups -OCH3 is 2. The van der Waals surface area contributed by atoms with Gasteiger partial charge >= 0.3 is 5.97 Å². The summed E-state index contributed by atoms with van der Waals surface area (Å²) in [6.07, 6.45) is 0. The predicted molar refractivity (Wildman–Crippen MR) is 82.2 cm³/mol. The Morgan fingerprint density at radius 1 is 1.29 bits per heavy atom. The first kappa shape index (κ1) is 15.6. The Morgan fingerprint density at radius 2 is 2.10 bits per heavy atom. The molecule has 0 unspecified atom stereocenters. The van der Waals surface area contributed by atoms with Crippen molar-refractivity contribution in [2.45, 2.75) is 13.2 Å². The van der Waals surface area contributed by atoms with E-state index in [-0.39, 0.29) is 5.76 Å². The lowest BCUT2D eigenvalue weighted by Gasteiger charge is -2.12. The summed E-state index contributed by atoms with van der Waals surface area (Å²) in [7, 11) is 2.97. The van der Waals surface area contributed by atoms with Gasteiger partial charge in [-0.15, -0.1) is 0 Å². The third-order valence-electron chi connectivity index (χ3n) is 2.91. The van der Waals surface area contributed by atoms with Crippen LogP contribution in [0.5, 0.6) is 0 Å². The summed E-state index contributed by atoms with van der Waals surface area (Å²) >= 11 is 3.50. The van der Waals surface area contributed by atoms with Crippen LogP contribution >= 0.6 is 15.9 Å². The fourth-order valence-corrected chi connectivity index (χ4v) is 2.36. The molecule has 6 heteroatoms. The maximum absolute atomic E-state index is 11.3. The van der Waals surface area contributed by atoms with Crippen LogP contribution in [0.1, 0.15) is 21.9 Å². The first-order chi connectivity index (χ1) is 10.2. The highest BCUT2D eigenvalue weighted by Crippen LogP contribution is 2.26. The lowest BCUT2D eigenvalue weighted by molar-refractivity contribution is 0.0563. The fraction of sp³-hybridized carbons (Fsp3) is 0.267. The maximum atomic E-state index is 11.3. The lowest BCUT2D eigenvalue weighted by atomic mass is 10.2. The summed E-state index contributed by atoms with van der Waals surface area (Å²) in [5.41, 5.74) is 1.97. The highest BCUT2D eigenvalue weighted by atomic mass is 79.9. The Labute approximate surface area is 131 Å². The Bertz CT molecular complexity index is 624. The van der Waals surface area contributed by atoms with E-state index >= 15 is 0 Å². The summed E-state index contributed by atoms with van der Waals surface area (Å²) < 4.78 is 16.2. The van der Waals surface area contributed by atoms with Crippen molar-refractivity contribution in [2.75, 3.05) is 19.5 Å². The van der Waals surface area contributed by atoms with Crippen LogP contribution in [0.3, 0.4) is 0 Å². The fourth-order valence-electron chi connectivity index (χ4n) is 1.88. The van der Waals surface area contributed by atoms with Gasteiger partial charge in [0.15, 0.2) is 0 Å². The Morgan fingerprint density at radius 3 is 2.81 bits per heavy atom. The molecule has 1 aromatic heterocycles. The molecule has 2 rings (SSSR count). The predicted octanol–water partition coefficient (Wildman–Crippen LogP) is 3.59. The molecule has 21 heavy (non-hydrogen) atoms. The van der Waals surface area contributed by atoms with E-state index in [2.05, 4.69) is 26.0 Å². The number of esters is 1. The number of furan rings is 1. The summed E-state index contributed by atoms with van der Waals surface area (Å²) in [5, 5.41) is 3.27. The van der Waals surface area contributed by atoms with Gasteiger partial charge in [-0.3, -0.25) is 0 Å². The number of halogens is 1. The van der Waals surface area contributed by atoms with Crippen molar-refractivity contribution in [2.24, 2.45) is 0 Å². The van der Waals surface area contributed by atoms with Gasteiger partial charge in [-0.25, -0.2) is 4.79 Å². The molecule has 0 atom stereocenters. The van der Waals surface area contributed by atoms with Gasteiger partial charge in [-0.05, 0) is 24.3 Å². The molecule has 1 N–H and O–H groups in total. The molecule has 5 nitrogen and oxygen atoms in total. The molecule has 1 aromatic carbocycles. The van der Waals surface area contributed by atoms with E-state index in [0.29, 0.717) is 18.9 Å². The van der Waals surface area contributed by atoms with Crippen LogP contribution in [-0.2, 0) is 22.6 Å². The van der Waals surface area contributed by atoms with Gasteiger partial charge < -0.3 is 19.2 Å². The van der Waals surface area contributed by atoms with Gasteiger partial charge in [0.2, 0.25) is 5.76 Å². The third-order valence-corrected chi connectivity index (χ3v) is 3.65. The monoisotopic (exact) mass is 353 g/mol. The summed E-state index contributed by atoms with van der Waals surface area (Å²) in [6.45, 7) is 0.958. The highest BCUT2D eigenvalue weighted by molar-refractivity contribution is 9.10. The van der Waals surface area contributed by atoms with Crippen LogP contribution in [0.25, 0.3) is 0 Å². The van der Waals surface area contributed by atoms with Crippen molar-refractivity contribution in [3.8, 4) is 0 Å². The van der Waals surface area contributed by atoms with Gasteiger partial charge in [-0.2, -0.15) is 0 Å².